The van der Waals surface area contributed by atoms with Gasteiger partial charge in [-0.15, -0.1) is 0 Å². The van der Waals surface area contributed by atoms with Crippen LogP contribution in [0.1, 0.15) is 136 Å². The zero-order valence-corrected chi connectivity index (χ0v) is 33.4. The second-order valence-electron chi connectivity index (χ2n) is 12.7. The van der Waals surface area contributed by atoms with E-state index in [1.165, 1.54) is 38.5 Å². The first kappa shape index (κ1) is 49.9. The lowest BCUT2D eigenvalue weighted by atomic mass is 10.1. The molecule has 0 saturated carbocycles. The van der Waals surface area contributed by atoms with Gasteiger partial charge in [0.05, 0.1) is 12.7 Å². The summed E-state index contributed by atoms with van der Waals surface area (Å²) in [4.78, 5) is 42.7. The van der Waals surface area contributed by atoms with Gasteiger partial charge in [0.25, 0.3) is 0 Å². The molecule has 300 valence electrons. The summed E-state index contributed by atoms with van der Waals surface area (Å²) in [5, 5.41) is 9.99. The first-order valence-electron chi connectivity index (χ1n) is 19.6. The maximum absolute atomic E-state index is 12.4. The normalized spacial score (nSPS) is 14.1. The molecule has 10 heteroatoms. The van der Waals surface area contributed by atoms with Crippen LogP contribution in [0, 0.1) is 0 Å². The van der Waals surface area contributed by atoms with Crippen LogP contribution in [0.3, 0.4) is 0 Å². The van der Waals surface area contributed by atoms with Gasteiger partial charge in [0.2, 0.25) is 0 Å². The molecule has 0 aromatic heterocycles. The third kappa shape index (κ3) is 40.0. The molecule has 0 aliphatic heterocycles. The first-order chi connectivity index (χ1) is 25.7. The zero-order valence-electron chi connectivity index (χ0n) is 32.5. The summed E-state index contributed by atoms with van der Waals surface area (Å²) in [5.41, 5.74) is 0. The minimum absolute atomic E-state index is 0.0866. The van der Waals surface area contributed by atoms with Crippen molar-refractivity contribution in [3.05, 3.63) is 97.2 Å². The Morgan fingerprint density at radius 2 is 1.06 bits per heavy atom. The van der Waals surface area contributed by atoms with Crippen LogP contribution < -0.4 is 0 Å². The van der Waals surface area contributed by atoms with E-state index in [1.807, 2.05) is 42.5 Å². The Morgan fingerprint density at radius 3 is 1.58 bits per heavy atom. The summed E-state index contributed by atoms with van der Waals surface area (Å²) in [6.07, 6.45) is 47.3. The minimum atomic E-state index is -4.80. The Bertz CT molecular complexity index is 1190. The van der Waals surface area contributed by atoms with Crippen LogP contribution in [0.5, 0.6) is 0 Å². The Kier molecular flexibility index (Phi) is 35.1. The first-order valence-corrected chi connectivity index (χ1v) is 21.2. The Morgan fingerprint density at radius 1 is 0.585 bits per heavy atom. The molecule has 2 atom stereocenters. The van der Waals surface area contributed by atoms with Crippen molar-refractivity contribution in [3.63, 3.8) is 0 Å². The molecular weight excluding hydrogens is 691 g/mol. The van der Waals surface area contributed by atoms with Gasteiger partial charge in [-0.05, 0) is 83.5 Å². The van der Waals surface area contributed by atoms with Gasteiger partial charge in [-0.25, -0.2) is 4.57 Å². The average Bonchev–Trinajstić information content (AvgIpc) is 3.12. The number of rotatable bonds is 34. The van der Waals surface area contributed by atoms with Crippen LogP contribution in [0.15, 0.2) is 97.2 Å². The van der Waals surface area contributed by atoms with Crippen molar-refractivity contribution in [2.24, 2.45) is 0 Å². The number of esters is 2. The Labute approximate surface area is 320 Å². The molecular formula is C43H69O9P. The van der Waals surface area contributed by atoms with E-state index in [-0.39, 0.29) is 19.4 Å². The summed E-state index contributed by atoms with van der Waals surface area (Å²) in [7, 11) is -4.80. The molecule has 9 nitrogen and oxygen atoms in total. The van der Waals surface area contributed by atoms with Gasteiger partial charge in [-0.1, -0.05) is 137 Å². The van der Waals surface area contributed by atoms with Gasteiger partial charge in [0, 0.05) is 12.8 Å². The van der Waals surface area contributed by atoms with Crippen LogP contribution >= 0.6 is 7.82 Å². The fourth-order valence-electron chi connectivity index (χ4n) is 4.68. The fourth-order valence-corrected chi connectivity index (χ4v) is 5.04. The van der Waals surface area contributed by atoms with Crippen LogP contribution in [-0.2, 0) is 28.2 Å². The van der Waals surface area contributed by atoms with Crippen LogP contribution in [0.4, 0.5) is 0 Å². The summed E-state index contributed by atoms with van der Waals surface area (Å²) < 4.78 is 26.2. The van der Waals surface area contributed by atoms with E-state index in [2.05, 4.69) is 67.0 Å². The third-order valence-electron chi connectivity index (χ3n) is 7.66. The number of aliphatic hydroxyl groups excluding tert-OH is 1. The van der Waals surface area contributed by atoms with E-state index in [0.717, 1.165) is 32.1 Å². The number of hydrogen-bond acceptors (Lipinski definition) is 7. The van der Waals surface area contributed by atoms with Crippen molar-refractivity contribution in [1.29, 1.82) is 0 Å². The number of hydrogen-bond donors (Lipinski definition) is 3. The van der Waals surface area contributed by atoms with E-state index >= 15 is 0 Å². The Hall–Kier alpha value is -3.07. The van der Waals surface area contributed by atoms with Crippen molar-refractivity contribution < 1.29 is 43.0 Å². The van der Waals surface area contributed by atoms with Crippen molar-refractivity contribution >= 4 is 19.8 Å². The SMILES string of the molecule is CCCCC/C=C\C/C=C\C/C=C\C/C=C\CCCC(=O)OC[C@H](COP(=O)(O)O)OC(=O)CCC/C=C\C/C=C\C=C\[C@@H](O)C/C=C\CCCCC. The highest BCUT2D eigenvalue weighted by molar-refractivity contribution is 7.46. The lowest BCUT2D eigenvalue weighted by Crippen LogP contribution is -2.29. The van der Waals surface area contributed by atoms with E-state index in [4.69, 9.17) is 19.3 Å². The molecule has 0 aliphatic rings. The second kappa shape index (κ2) is 37.3. The molecule has 0 spiro atoms. The molecule has 0 fully saturated rings. The van der Waals surface area contributed by atoms with Crippen molar-refractivity contribution in [2.45, 2.75) is 148 Å². The highest BCUT2D eigenvalue weighted by atomic mass is 31.2. The molecule has 0 unspecified atom stereocenters. The number of allylic oxidation sites excluding steroid dienone is 14. The van der Waals surface area contributed by atoms with Gasteiger partial charge in [-0.2, -0.15) is 0 Å². The topological polar surface area (TPSA) is 140 Å². The van der Waals surface area contributed by atoms with Gasteiger partial charge < -0.3 is 24.4 Å². The van der Waals surface area contributed by atoms with E-state index in [9.17, 15) is 19.3 Å². The van der Waals surface area contributed by atoms with Gasteiger partial charge in [-0.3, -0.25) is 14.1 Å². The molecule has 0 radical (unpaired) electrons. The zero-order chi connectivity index (χ0) is 39.1. The fraction of sp³-hybridized carbons (Fsp3) is 0.581. The maximum atomic E-state index is 12.4. The standard InChI is InChI=1S/C43H69O9P/c1-3-5-7-9-11-12-13-14-15-16-17-18-19-20-24-28-32-36-42(45)50-38-41(39-51-53(47,48)49)52-43(46)37-33-29-25-22-21-23-27-31-35-40(44)34-30-26-10-8-6-4-2/h11-12,14-15,17-18,20,22-27,30-31,35,40-41,44H,3-10,13,16,19,21,28-29,32-34,36-39H2,1-2H3,(H2,47,48,49)/b12-11-,15-14-,18-17-,24-20-,25-22-,27-23-,30-26-,35-31+/t40-,41+/m0/s1. The largest absolute Gasteiger partial charge is 0.469 e. The highest BCUT2D eigenvalue weighted by Gasteiger charge is 2.22. The van der Waals surface area contributed by atoms with Crippen molar-refractivity contribution in [2.75, 3.05) is 13.2 Å². The Balaban J connectivity index is 4.24. The molecule has 0 bridgehead atoms. The number of carbonyl (C=O) groups is 2. The summed E-state index contributed by atoms with van der Waals surface area (Å²) in [5.74, 6) is -1.07. The molecule has 53 heavy (non-hydrogen) atoms. The maximum Gasteiger partial charge on any atom is 0.469 e. The predicted molar refractivity (Wildman–Crippen MR) is 217 cm³/mol. The monoisotopic (exact) mass is 760 g/mol. The van der Waals surface area contributed by atoms with E-state index in [0.29, 0.717) is 38.5 Å². The number of phosphoric acid groups is 1. The lowest BCUT2D eigenvalue weighted by Gasteiger charge is -2.18. The number of ether oxygens (including phenoxy) is 2. The van der Waals surface area contributed by atoms with Crippen LogP contribution in [-0.4, -0.2) is 52.3 Å². The smallest absolute Gasteiger partial charge is 0.462 e. The number of unbranched alkanes of at least 4 members (excludes halogenated alkanes) is 8. The lowest BCUT2D eigenvalue weighted by molar-refractivity contribution is -0.161. The summed E-state index contributed by atoms with van der Waals surface area (Å²) >= 11 is 0. The average molecular weight is 761 g/mol. The van der Waals surface area contributed by atoms with Crippen LogP contribution in [0.2, 0.25) is 0 Å². The van der Waals surface area contributed by atoms with Crippen LogP contribution in [0.25, 0.3) is 0 Å². The van der Waals surface area contributed by atoms with E-state index in [1.54, 1.807) is 6.08 Å². The van der Waals surface area contributed by atoms with Crippen molar-refractivity contribution in [1.82, 2.24) is 0 Å². The third-order valence-corrected chi connectivity index (χ3v) is 8.14. The summed E-state index contributed by atoms with van der Waals surface area (Å²) in [6.45, 7) is 3.44. The van der Waals surface area contributed by atoms with Crippen molar-refractivity contribution in [3.8, 4) is 0 Å². The number of phosphoric ester groups is 1. The van der Waals surface area contributed by atoms with E-state index < -0.39 is 38.6 Å². The highest BCUT2D eigenvalue weighted by Crippen LogP contribution is 2.35. The molecule has 3 N–H and O–H groups in total. The molecule has 0 aromatic carbocycles. The number of aliphatic hydroxyl groups is 1. The molecule has 0 heterocycles. The second-order valence-corrected chi connectivity index (χ2v) is 14.0. The number of carbonyl (C=O) groups excluding carboxylic acids is 2. The van der Waals surface area contributed by atoms with Gasteiger partial charge >= 0.3 is 19.8 Å². The molecule has 0 rings (SSSR count). The molecule has 0 aromatic rings. The summed E-state index contributed by atoms with van der Waals surface area (Å²) in [6, 6.07) is 0. The predicted octanol–water partition coefficient (Wildman–Crippen LogP) is 10.8. The minimum Gasteiger partial charge on any atom is -0.462 e. The molecule has 0 aliphatic carbocycles. The quantitative estimate of drug-likeness (QED) is 0.0192. The molecule has 0 amide bonds. The van der Waals surface area contributed by atoms with Gasteiger partial charge in [0.15, 0.2) is 6.10 Å². The molecule has 0 saturated heterocycles. The van der Waals surface area contributed by atoms with Gasteiger partial charge in [0.1, 0.15) is 6.61 Å².